The molecule has 3 fully saturated rings. The summed E-state index contributed by atoms with van der Waals surface area (Å²) in [6, 6.07) is 12.7. The zero-order chi connectivity index (χ0) is 17.7. The minimum absolute atomic E-state index is 0.109. The third-order valence-electron chi connectivity index (χ3n) is 5.64. The van der Waals surface area contributed by atoms with E-state index in [0.717, 1.165) is 37.3 Å². The molecule has 2 bridgehead atoms. The van der Waals surface area contributed by atoms with Crippen LogP contribution in [0.5, 0.6) is 0 Å². The number of likely N-dealkylation sites (N-methyl/N-ethyl adjacent to an activating group) is 1. The van der Waals surface area contributed by atoms with Gasteiger partial charge < -0.3 is 4.74 Å². The Hall–Kier alpha value is -2.16. The van der Waals surface area contributed by atoms with Crippen LogP contribution in [0, 0.1) is 30.6 Å². The fraction of sp³-hybridized carbons (Fsp3) is 0.500. The number of aryl methyl sites for hydroxylation is 1. The number of aromatic nitrogens is 2. The van der Waals surface area contributed by atoms with E-state index in [0.29, 0.717) is 6.61 Å². The predicted octanol–water partition coefficient (Wildman–Crippen LogP) is 2.99. The molecule has 0 atom stereocenters. The average Bonchev–Trinajstić information content (AvgIpc) is 3.21. The van der Waals surface area contributed by atoms with Crippen LogP contribution in [0.2, 0.25) is 0 Å². The maximum Gasteiger partial charge on any atom is 0.0862 e. The summed E-state index contributed by atoms with van der Waals surface area (Å²) >= 11 is 0. The molecule has 5 heteroatoms. The normalized spacial score (nSPS) is 27.3. The fourth-order valence-electron chi connectivity index (χ4n) is 4.49. The van der Waals surface area contributed by atoms with Crippen molar-refractivity contribution in [2.45, 2.75) is 38.8 Å². The second-order valence-electron chi connectivity index (χ2n) is 7.79. The Labute approximate surface area is 148 Å². The van der Waals surface area contributed by atoms with Gasteiger partial charge in [-0.3, -0.25) is 4.90 Å². The first-order valence-corrected chi connectivity index (χ1v) is 8.80. The summed E-state index contributed by atoms with van der Waals surface area (Å²) in [6.07, 6.45) is 1.75. The molecule has 2 aliphatic heterocycles. The number of benzene rings is 1. The topological polar surface area (TPSA) is 54.1 Å². The molecule has 25 heavy (non-hydrogen) atoms. The molecule has 0 radical (unpaired) electrons. The smallest absolute Gasteiger partial charge is 0.0862 e. The summed E-state index contributed by atoms with van der Waals surface area (Å²) in [5.74, 6) is 0. The van der Waals surface area contributed by atoms with E-state index >= 15 is 0 Å². The number of hydrogen-bond donors (Lipinski definition) is 0. The molecular weight excluding hydrogens is 312 g/mol. The van der Waals surface area contributed by atoms with Crippen LogP contribution in [0.3, 0.4) is 0 Å². The number of para-hydroxylation sites is 1. The van der Waals surface area contributed by atoms with E-state index in [4.69, 9.17) is 9.84 Å². The summed E-state index contributed by atoms with van der Waals surface area (Å²) in [7, 11) is 2.13. The first-order chi connectivity index (χ1) is 12.0. The first-order valence-electron chi connectivity index (χ1n) is 8.80. The van der Waals surface area contributed by atoms with Gasteiger partial charge in [0.15, 0.2) is 0 Å². The molecule has 0 spiro atoms. The number of nitrogens with zero attached hydrogens (tertiary/aromatic N) is 4. The molecule has 1 aromatic heterocycles. The predicted molar refractivity (Wildman–Crippen MR) is 95.3 cm³/mol. The van der Waals surface area contributed by atoms with E-state index in [2.05, 4.69) is 44.0 Å². The largest absolute Gasteiger partial charge is 0.372 e. The summed E-state index contributed by atoms with van der Waals surface area (Å²) in [5, 5.41) is 14.0. The van der Waals surface area contributed by atoms with Gasteiger partial charge in [-0.1, -0.05) is 18.2 Å². The van der Waals surface area contributed by atoms with Crippen molar-refractivity contribution < 1.29 is 4.74 Å². The highest BCUT2D eigenvalue weighted by Crippen LogP contribution is 2.57. The van der Waals surface area contributed by atoms with E-state index in [-0.39, 0.29) is 11.0 Å². The van der Waals surface area contributed by atoms with Crippen molar-refractivity contribution >= 4 is 0 Å². The van der Waals surface area contributed by atoms with Crippen LogP contribution < -0.4 is 0 Å². The molecule has 0 amide bonds. The number of nitriles is 1. The highest BCUT2D eigenvalue weighted by Gasteiger charge is 2.63. The van der Waals surface area contributed by atoms with Crippen molar-refractivity contribution in [1.29, 1.82) is 5.26 Å². The van der Waals surface area contributed by atoms with Crippen molar-refractivity contribution in [3.8, 4) is 11.8 Å². The fourth-order valence-corrected chi connectivity index (χ4v) is 4.49. The standard InChI is InChI=1S/C20H24N4O/c1-15-18(16(2)24(22-15)17-7-5-4-6-8-17)9-23(3)13-20-10-19(11-20,12-21)14-25-20/h4-8H,9-11,13-14H2,1-3H3. The Morgan fingerprint density at radius 2 is 2.00 bits per heavy atom. The van der Waals surface area contributed by atoms with Crippen molar-refractivity contribution in [3.63, 3.8) is 0 Å². The van der Waals surface area contributed by atoms with Gasteiger partial charge in [-0.05, 0) is 45.9 Å². The number of fused-ring (bicyclic) bond motifs is 1. The van der Waals surface area contributed by atoms with Crippen molar-refractivity contribution in [2.75, 3.05) is 20.2 Å². The van der Waals surface area contributed by atoms with Crippen molar-refractivity contribution in [2.24, 2.45) is 5.41 Å². The summed E-state index contributed by atoms with van der Waals surface area (Å²) in [5.41, 5.74) is 4.30. The van der Waals surface area contributed by atoms with Crippen LogP contribution in [-0.4, -0.2) is 40.5 Å². The molecule has 2 saturated heterocycles. The third-order valence-corrected chi connectivity index (χ3v) is 5.64. The Morgan fingerprint density at radius 1 is 1.28 bits per heavy atom. The van der Waals surface area contributed by atoms with Crippen LogP contribution in [0.25, 0.3) is 5.69 Å². The SMILES string of the molecule is Cc1nn(-c2ccccc2)c(C)c1CN(C)CC12CC(C#N)(CO1)C2. The van der Waals surface area contributed by atoms with Crippen LogP contribution in [0.1, 0.15) is 29.8 Å². The van der Waals surface area contributed by atoms with Crippen LogP contribution in [0.4, 0.5) is 0 Å². The number of ether oxygens (including phenoxy) is 1. The monoisotopic (exact) mass is 336 g/mol. The molecule has 3 heterocycles. The Balaban J connectivity index is 1.48. The van der Waals surface area contributed by atoms with E-state index in [1.54, 1.807) is 0 Å². The second kappa shape index (κ2) is 5.69. The molecule has 0 N–H and O–H groups in total. The van der Waals surface area contributed by atoms with E-state index in [1.165, 1.54) is 11.3 Å². The van der Waals surface area contributed by atoms with Crippen LogP contribution in [-0.2, 0) is 11.3 Å². The van der Waals surface area contributed by atoms with Gasteiger partial charge in [0.2, 0.25) is 0 Å². The van der Waals surface area contributed by atoms with Crippen molar-refractivity contribution in [1.82, 2.24) is 14.7 Å². The molecular formula is C20H24N4O. The molecule has 1 saturated carbocycles. The molecule has 2 aromatic rings. The van der Waals surface area contributed by atoms with E-state index in [9.17, 15) is 5.26 Å². The Morgan fingerprint density at radius 3 is 2.64 bits per heavy atom. The van der Waals surface area contributed by atoms with Gasteiger partial charge in [-0.2, -0.15) is 10.4 Å². The van der Waals surface area contributed by atoms with Crippen molar-refractivity contribution in [3.05, 3.63) is 47.3 Å². The van der Waals surface area contributed by atoms with E-state index < -0.39 is 0 Å². The highest BCUT2D eigenvalue weighted by atomic mass is 16.5. The molecule has 1 aromatic carbocycles. The van der Waals surface area contributed by atoms with Crippen LogP contribution in [0.15, 0.2) is 30.3 Å². The minimum Gasteiger partial charge on any atom is -0.372 e. The lowest BCUT2D eigenvalue weighted by Crippen LogP contribution is -2.50. The quantitative estimate of drug-likeness (QED) is 0.842. The van der Waals surface area contributed by atoms with Gasteiger partial charge >= 0.3 is 0 Å². The Bertz CT molecular complexity index is 827. The summed E-state index contributed by atoms with van der Waals surface area (Å²) < 4.78 is 7.99. The highest BCUT2D eigenvalue weighted by molar-refractivity contribution is 5.37. The zero-order valence-corrected chi connectivity index (χ0v) is 15.1. The van der Waals surface area contributed by atoms with Gasteiger partial charge in [-0.15, -0.1) is 0 Å². The van der Waals surface area contributed by atoms with Gasteiger partial charge in [0.1, 0.15) is 0 Å². The summed E-state index contributed by atoms with van der Waals surface area (Å²) in [6.45, 7) is 6.51. The van der Waals surface area contributed by atoms with Gasteiger partial charge in [0, 0.05) is 24.3 Å². The lowest BCUT2D eigenvalue weighted by molar-refractivity contribution is -0.0313. The number of rotatable bonds is 5. The molecule has 1 aliphatic carbocycles. The van der Waals surface area contributed by atoms with Gasteiger partial charge in [0.05, 0.1) is 35.1 Å². The van der Waals surface area contributed by atoms with Gasteiger partial charge in [-0.25, -0.2) is 4.68 Å². The van der Waals surface area contributed by atoms with Gasteiger partial charge in [0.25, 0.3) is 0 Å². The molecule has 5 rings (SSSR count). The third kappa shape index (κ3) is 2.66. The second-order valence-corrected chi connectivity index (χ2v) is 7.79. The van der Waals surface area contributed by atoms with Crippen LogP contribution >= 0.6 is 0 Å². The number of hydrogen-bond acceptors (Lipinski definition) is 4. The lowest BCUT2D eigenvalue weighted by atomic mass is 9.63. The average molecular weight is 336 g/mol. The Kier molecular flexibility index (Phi) is 3.71. The lowest BCUT2D eigenvalue weighted by Gasteiger charge is -2.42. The molecule has 0 unspecified atom stereocenters. The molecule has 130 valence electrons. The maximum absolute atomic E-state index is 9.28. The minimum atomic E-state index is -0.204. The molecule has 3 aliphatic rings. The first kappa shape index (κ1) is 16.3. The molecule has 5 nitrogen and oxygen atoms in total. The summed E-state index contributed by atoms with van der Waals surface area (Å²) in [4.78, 5) is 2.30. The van der Waals surface area contributed by atoms with E-state index in [1.807, 2.05) is 22.9 Å². The maximum atomic E-state index is 9.28. The zero-order valence-electron chi connectivity index (χ0n) is 15.1.